The van der Waals surface area contributed by atoms with Gasteiger partial charge in [0.25, 0.3) is 0 Å². The molecule has 0 saturated carbocycles. The van der Waals surface area contributed by atoms with Crippen molar-refractivity contribution < 1.29 is 122 Å². The standard InChI is InChI=1S/C10H9O4P.2K/c11-15(12,13)14-10-7-3-5-8-4-1-2-6-9(8)10;;/h1-7H,(H2,11,12,13);;/q;2*+1/p-2. The number of hydrogen-bond donors (Lipinski definition) is 0. The van der Waals surface area contributed by atoms with Gasteiger partial charge in [-0.3, -0.25) is 0 Å². The summed E-state index contributed by atoms with van der Waals surface area (Å²) in [6.45, 7) is 0. The number of fused-ring (bicyclic) bond motifs is 1. The molecule has 7 heteroatoms. The van der Waals surface area contributed by atoms with Crippen molar-refractivity contribution in [3.8, 4) is 5.75 Å². The van der Waals surface area contributed by atoms with E-state index < -0.39 is 7.82 Å². The normalized spacial score (nSPS) is 10.2. The third-order valence-corrected chi connectivity index (χ3v) is 2.38. The summed E-state index contributed by atoms with van der Waals surface area (Å²) in [5.74, 6) is 0.0708. The molecule has 4 nitrogen and oxygen atoms in total. The van der Waals surface area contributed by atoms with Gasteiger partial charge < -0.3 is 18.9 Å². The average Bonchev–Trinajstić information content (AvgIpc) is 2.16. The van der Waals surface area contributed by atoms with Gasteiger partial charge in [-0.05, 0) is 11.5 Å². The van der Waals surface area contributed by atoms with Crippen molar-refractivity contribution in [2.75, 3.05) is 0 Å². The summed E-state index contributed by atoms with van der Waals surface area (Å²) in [4.78, 5) is 21.0. The Hall–Kier alpha value is 1.92. The van der Waals surface area contributed by atoms with E-state index in [1.54, 1.807) is 18.2 Å². The van der Waals surface area contributed by atoms with Gasteiger partial charge in [0, 0.05) is 5.39 Å². The molecule has 0 fully saturated rings. The topological polar surface area (TPSA) is 72.4 Å². The number of benzene rings is 2. The minimum atomic E-state index is -4.99. The van der Waals surface area contributed by atoms with Crippen LogP contribution in [0.2, 0.25) is 0 Å². The van der Waals surface area contributed by atoms with Crippen molar-refractivity contribution >= 4 is 18.6 Å². The molecule has 0 radical (unpaired) electrons. The number of phosphoric ester groups is 1. The summed E-state index contributed by atoms with van der Waals surface area (Å²) in [5.41, 5.74) is 0. The Labute approximate surface area is 184 Å². The van der Waals surface area contributed by atoms with Crippen LogP contribution >= 0.6 is 7.82 Å². The fraction of sp³-hybridized carbons (Fsp3) is 0. The van der Waals surface area contributed by atoms with Crippen molar-refractivity contribution in [3.05, 3.63) is 42.5 Å². The van der Waals surface area contributed by atoms with E-state index in [-0.39, 0.29) is 109 Å². The minimum absolute atomic E-state index is 0. The van der Waals surface area contributed by atoms with E-state index in [0.717, 1.165) is 5.39 Å². The zero-order valence-corrected chi connectivity index (χ0v) is 16.8. The monoisotopic (exact) mass is 300 g/mol. The number of rotatable bonds is 2. The summed E-state index contributed by atoms with van der Waals surface area (Å²) < 4.78 is 14.9. The Kier molecular flexibility index (Phi) is 9.20. The van der Waals surface area contributed by atoms with Gasteiger partial charge in [-0.15, -0.1) is 0 Å². The zero-order valence-electron chi connectivity index (χ0n) is 9.62. The Morgan fingerprint density at radius 3 is 2.18 bits per heavy atom. The summed E-state index contributed by atoms with van der Waals surface area (Å²) >= 11 is 0. The molecule has 0 N–H and O–H groups in total. The van der Waals surface area contributed by atoms with Gasteiger partial charge in [0.1, 0.15) is 13.6 Å². The molecule has 0 saturated heterocycles. The van der Waals surface area contributed by atoms with Crippen LogP contribution in [0.3, 0.4) is 0 Å². The van der Waals surface area contributed by atoms with Crippen LogP contribution in [0.4, 0.5) is 0 Å². The van der Waals surface area contributed by atoms with Crippen LogP contribution in [0.5, 0.6) is 5.75 Å². The second kappa shape index (κ2) is 8.26. The Balaban J connectivity index is 0.00000128. The molecular weight excluding hydrogens is 293 g/mol. The summed E-state index contributed by atoms with van der Waals surface area (Å²) in [5, 5.41) is 1.43. The van der Waals surface area contributed by atoms with Crippen LogP contribution in [-0.2, 0) is 4.57 Å². The molecule has 0 aliphatic heterocycles. The summed E-state index contributed by atoms with van der Waals surface area (Å²) in [6.07, 6.45) is 0. The van der Waals surface area contributed by atoms with Crippen molar-refractivity contribution in [1.82, 2.24) is 0 Å². The van der Waals surface area contributed by atoms with Crippen molar-refractivity contribution in [2.45, 2.75) is 0 Å². The van der Waals surface area contributed by atoms with Crippen LogP contribution in [0, 0.1) is 0 Å². The molecule has 2 aromatic carbocycles. The van der Waals surface area contributed by atoms with Gasteiger partial charge in [-0.25, -0.2) is 0 Å². The van der Waals surface area contributed by atoms with Gasteiger partial charge in [0.2, 0.25) is 0 Å². The fourth-order valence-electron chi connectivity index (χ4n) is 1.40. The zero-order chi connectivity index (χ0) is 10.9. The number of hydrogen-bond acceptors (Lipinski definition) is 4. The second-order valence-corrected chi connectivity index (χ2v) is 4.09. The average molecular weight is 300 g/mol. The van der Waals surface area contributed by atoms with E-state index in [1.807, 2.05) is 18.2 Å². The first-order valence-corrected chi connectivity index (χ1v) is 5.72. The smallest absolute Gasteiger partial charge is 0.780 e. The molecule has 0 unspecified atom stereocenters. The molecule has 0 atom stereocenters. The maximum atomic E-state index is 10.5. The van der Waals surface area contributed by atoms with Crippen LogP contribution in [-0.4, -0.2) is 0 Å². The van der Waals surface area contributed by atoms with E-state index in [9.17, 15) is 14.4 Å². The SMILES string of the molecule is O=P([O-])([O-])Oc1cccc2ccccc12.[K+].[K+]. The van der Waals surface area contributed by atoms with Gasteiger partial charge in [-0.1, -0.05) is 36.4 Å². The maximum absolute atomic E-state index is 10.5. The van der Waals surface area contributed by atoms with Gasteiger partial charge in [-0.2, -0.15) is 0 Å². The molecule has 0 spiro atoms. The van der Waals surface area contributed by atoms with Crippen LogP contribution in [0.15, 0.2) is 42.5 Å². The van der Waals surface area contributed by atoms with Gasteiger partial charge in [0.05, 0.1) is 0 Å². The molecule has 0 aliphatic rings. The summed E-state index contributed by atoms with van der Waals surface area (Å²) in [7, 11) is -4.99. The molecule has 2 aromatic rings. The Morgan fingerprint density at radius 2 is 1.53 bits per heavy atom. The third-order valence-electron chi connectivity index (χ3n) is 1.96. The van der Waals surface area contributed by atoms with E-state index >= 15 is 0 Å². The first-order valence-electron chi connectivity index (χ1n) is 4.26. The largest absolute Gasteiger partial charge is 1.00 e. The molecule has 0 bridgehead atoms. The quantitative estimate of drug-likeness (QED) is 0.411. The Morgan fingerprint density at radius 1 is 0.941 bits per heavy atom. The van der Waals surface area contributed by atoms with E-state index in [1.165, 1.54) is 6.07 Å². The van der Waals surface area contributed by atoms with Crippen LogP contribution in [0.1, 0.15) is 0 Å². The third kappa shape index (κ3) is 5.83. The van der Waals surface area contributed by atoms with E-state index in [4.69, 9.17) is 0 Å². The van der Waals surface area contributed by atoms with Crippen molar-refractivity contribution in [3.63, 3.8) is 0 Å². The van der Waals surface area contributed by atoms with Crippen molar-refractivity contribution in [1.29, 1.82) is 0 Å². The Bertz CT molecular complexity index is 535. The molecule has 17 heavy (non-hydrogen) atoms. The molecular formula is C10H7K2O4P. The first-order chi connectivity index (χ1) is 7.06. The van der Waals surface area contributed by atoms with Gasteiger partial charge >= 0.3 is 103 Å². The number of phosphoric acid groups is 1. The molecule has 2 rings (SSSR count). The first kappa shape index (κ1) is 18.9. The van der Waals surface area contributed by atoms with E-state index in [2.05, 4.69) is 4.52 Å². The minimum Gasteiger partial charge on any atom is -0.780 e. The van der Waals surface area contributed by atoms with Gasteiger partial charge in [0.15, 0.2) is 0 Å². The molecule has 0 heterocycles. The van der Waals surface area contributed by atoms with E-state index in [0.29, 0.717) is 5.39 Å². The molecule has 0 aromatic heterocycles. The molecule has 78 valence electrons. The van der Waals surface area contributed by atoms with Crippen LogP contribution in [0.25, 0.3) is 10.8 Å². The summed E-state index contributed by atoms with van der Waals surface area (Å²) in [6, 6.07) is 12.0. The fourth-order valence-corrected chi connectivity index (χ4v) is 1.80. The molecule has 0 amide bonds. The molecule has 0 aliphatic carbocycles. The predicted molar refractivity (Wildman–Crippen MR) is 52.2 cm³/mol. The second-order valence-electron chi connectivity index (χ2n) is 3.02. The maximum Gasteiger partial charge on any atom is 1.00 e. The predicted octanol–water partition coefficient (Wildman–Crippen LogP) is -4.94. The van der Waals surface area contributed by atoms with Crippen molar-refractivity contribution in [2.24, 2.45) is 0 Å². The van der Waals surface area contributed by atoms with Crippen LogP contribution < -0.4 is 117 Å².